The van der Waals surface area contributed by atoms with Gasteiger partial charge in [-0.1, -0.05) is 6.58 Å². The lowest BCUT2D eigenvalue weighted by Gasteiger charge is -2.14. The summed E-state index contributed by atoms with van der Waals surface area (Å²) in [7, 11) is 3.21. The van der Waals surface area contributed by atoms with Crippen molar-refractivity contribution in [3.05, 3.63) is 71.9 Å². The maximum Gasteiger partial charge on any atom is 0.258 e. The van der Waals surface area contributed by atoms with Crippen molar-refractivity contribution in [1.82, 2.24) is 10.2 Å². The lowest BCUT2D eigenvalue weighted by Crippen LogP contribution is -2.19. The Morgan fingerprint density at radius 3 is 2.44 bits per heavy atom. The molecule has 5 N–H and O–H groups in total. The van der Waals surface area contributed by atoms with Crippen LogP contribution >= 0.6 is 0 Å². The second kappa shape index (κ2) is 12.4. The number of aliphatic hydroxyl groups is 1. The summed E-state index contributed by atoms with van der Waals surface area (Å²) in [5.41, 5.74) is 3.07. The van der Waals surface area contributed by atoms with E-state index in [-0.39, 0.29) is 5.56 Å². The highest BCUT2D eigenvalue weighted by molar-refractivity contribution is 6.11. The van der Waals surface area contributed by atoms with Crippen LogP contribution in [0.5, 0.6) is 11.5 Å². The number of ether oxygens (including phenoxy) is 2. The molecule has 190 valence electrons. The van der Waals surface area contributed by atoms with E-state index in [2.05, 4.69) is 32.7 Å². The number of aryl methyl sites for hydroxylation is 2. The number of aromatic amines is 1. The molecular weight excluding hydrogens is 462 g/mol. The van der Waals surface area contributed by atoms with Crippen LogP contribution in [0, 0.1) is 0 Å². The highest BCUT2D eigenvalue weighted by Crippen LogP contribution is 2.25. The van der Waals surface area contributed by atoms with Gasteiger partial charge in [-0.25, -0.2) is 0 Å². The van der Waals surface area contributed by atoms with Gasteiger partial charge in [0, 0.05) is 30.1 Å². The van der Waals surface area contributed by atoms with Gasteiger partial charge in [0.1, 0.15) is 11.5 Å². The predicted octanol–water partition coefficient (Wildman–Crippen LogP) is 3.38. The summed E-state index contributed by atoms with van der Waals surface area (Å²) in [6.07, 6.45) is 1.93. The zero-order chi connectivity index (χ0) is 26.1. The van der Waals surface area contributed by atoms with Crippen LogP contribution in [0.2, 0.25) is 0 Å². The summed E-state index contributed by atoms with van der Waals surface area (Å²) in [6.45, 7) is 5.43. The SMILES string of the molecule is C=CC(=O)Nc1cc(NCC(C)O)ccc1C(=O)Nc1cc(CCc2cc(OC)cc(OC)c2)[nH]n1. The number of rotatable bonds is 12. The molecule has 2 amide bonds. The first-order chi connectivity index (χ1) is 17.3. The molecule has 1 atom stereocenters. The highest BCUT2D eigenvalue weighted by atomic mass is 16.5. The van der Waals surface area contributed by atoms with Crippen molar-refractivity contribution in [2.24, 2.45) is 0 Å². The van der Waals surface area contributed by atoms with Crippen LogP contribution < -0.4 is 25.4 Å². The maximum atomic E-state index is 13.0. The van der Waals surface area contributed by atoms with Gasteiger partial charge >= 0.3 is 0 Å². The average Bonchev–Trinajstić information content (AvgIpc) is 3.32. The molecule has 0 radical (unpaired) electrons. The van der Waals surface area contributed by atoms with E-state index < -0.39 is 17.9 Å². The number of hydrogen-bond donors (Lipinski definition) is 5. The number of nitrogens with one attached hydrogen (secondary N) is 4. The third-order valence-electron chi connectivity index (χ3n) is 5.28. The summed E-state index contributed by atoms with van der Waals surface area (Å²) in [4.78, 5) is 24.9. The van der Waals surface area contributed by atoms with Crippen LogP contribution in [0.4, 0.5) is 17.2 Å². The molecule has 0 aliphatic heterocycles. The average molecular weight is 494 g/mol. The third kappa shape index (κ3) is 7.34. The van der Waals surface area contributed by atoms with Crippen molar-refractivity contribution < 1.29 is 24.2 Å². The summed E-state index contributed by atoms with van der Waals surface area (Å²) in [6, 6.07) is 12.4. The van der Waals surface area contributed by atoms with Crippen molar-refractivity contribution in [2.45, 2.75) is 25.9 Å². The van der Waals surface area contributed by atoms with Crippen molar-refractivity contribution in [1.29, 1.82) is 0 Å². The number of H-pyrrole nitrogens is 1. The van der Waals surface area contributed by atoms with Crippen LogP contribution in [0.3, 0.4) is 0 Å². The molecule has 1 unspecified atom stereocenters. The fourth-order valence-electron chi connectivity index (χ4n) is 3.43. The summed E-state index contributed by atoms with van der Waals surface area (Å²) >= 11 is 0. The monoisotopic (exact) mass is 493 g/mol. The van der Waals surface area contributed by atoms with Crippen LogP contribution in [0.15, 0.2) is 55.1 Å². The molecule has 1 heterocycles. The van der Waals surface area contributed by atoms with Crippen molar-refractivity contribution >= 4 is 29.0 Å². The van der Waals surface area contributed by atoms with Gasteiger partial charge in [0.2, 0.25) is 5.91 Å². The fraction of sp³-hybridized carbons (Fsp3) is 0.269. The number of aromatic nitrogens is 2. The van der Waals surface area contributed by atoms with E-state index in [9.17, 15) is 14.7 Å². The van der Waals surface area contributed by atoms with E-state index in [0.717, 1.165) is 17.3 Å². The Kier molecular flexibility index (Phi) is 9.07. The number of benzene rings is 2. The standard InChI is InChI=1S/C26H31N5O5/c1-5-25(33)28-23-12-18(27-15-16(2)32)8-9-22(23)26(34)29-24-13-19(30-31-24)7-6-17-10-20(35-3)14-21(11-17)36-4/h5,8-14,16,27,32H,1,6-7,15H2,2-4H3,(H,28,33)(H2,29,30,31,34). The van der Waals surface area contributed by atoms with Gasteiger partial charge in [-0.3, -0.25) is 14.7 Å². The van der Waals surface area contributed by atoms with Gasteiger partial charge in [0.05, 0.1) is 31.6 Å². The number of amides is 2. The second-order valence-electron chi connectivity index (χ2n) is 8.14. The maximum absolute atomic E-state index is 13.0. The van der Waals surface area contributed by atoms with E-state index >= 15 is 0 Å². The molecule has 10 heteroatoms. The van der Waals surface area contributed by atoms with Gasteiger partial charge in [0.25, 0.3) is 5.91 Å². The Morgan fingerprint density at radius 1 is 1.08 bits per heavy atom. The number of hydrogen-bond acceptors (Lipinski definition) is 7. The Balaban J connectivity index is 1.69. The van der Waals surface area contributed by atoms with Gasteiger partial charge in [-0.15, -0.1) is 0 Å². The normalized spacial score (nSPS) is 11.3. The molecule has 36 heavy (non-hydrogen) atoms. The van der Waals surface area contributed by atoms with E-state index in [1.165, 1.54) is 0 Å². The summed E-state index contributed by atoms with van der Waals surface area (Å²) in [5.74, 6) is 0.900. The fourth-order valence-corrected chi connectivity index (χ4v) is 3.43. The Bertz CT molecular complexity index is 1200. The third-order valence-corrected chi connectivity index (χ3v) is 5.28. The van der Waals surface area contributed by atoms with Gasteiger partial charge in [0.15, 0.2) is 5.82 Å². The molecule has 0 spiro atoms. The molecule has 0 aliphatic rings. The Labute approximate surface area is 209 Å². The summed E-state index contributed by atoms with van der Waals surface area (Å²) < 4.78 is 10.6. The highest BCUT2D eigenvalue weighted by Gasteiger charge is 2.16. The number of methoxy groups -OCH3 is 2. The molecular formula is C26H31N5O5. The van der Waals surface area contributed by atoms with Gasteiger partial charge in [-0.2, -0.15) is 5.10 Å². The molecule has 0 aliphatic carbocycles. The van der Waals surface area contributed by atoms with Crippen LogP contribution in [-0.2, 0) is 17.6 Å². The Hall–Kier alpha value is -4.31. The van der Waals surface area contributed by atoms with E-state index in [4.69, 9.17) is 9.47 Å². The first-order valence-electron chi connectivity index (χ1n) is 11.4. The molecule has 0 saturated heterocycles. The lowest BCUT2D eigenvalue weighted by atomic mass is 10.1. The number of carbonyl (C=O) groups is 2. The van der Waals surface area contributed by atoms with Crippen LogP contribution in [0.25, 0.3) is 0 Å². The van der Waals surface area contributed by atoms with Crippen molar-refractivity contribution in [3.63, 3.8) is 0 Å². The predicted molar refractivity (Wildman–Crippen MR) is 139 cm³/mol. The number of carbonyl (C=O) groups excluding carboxylic acids is 2. The molecule has 3 aromatic rings. The second-order valence-corrected chi connectivity index (χ2v) is 8.14. The number of nitrogens with zero attached hydrogens (tertiary/aromatic N) is 1. The van der Waals surface area contributed by atoms with E-state index in [0.29, 0.717) is 48.1 Å². The van der Waals surface area contributed by atoms with Crippen LogP contribution in [-0.4, -0.2) is 54.0 Å². The number of aliphatic hydroxyl groups excluding tert-OH is 1. The molecule has 10 nitrogen and oxygen atoms in total. The molecule has 0 fully saturated rings. The first kappa shape index (κ1) is 26.3. The van der Waals surface area contributed by atoms with E-state index in [1.807, 2.05) is 18.2 Å². The van der Waals surface area contributed by atoms with Crippen molar-refractivity contribution in [3.8, 4) is 11.5 Å². The molecule has 3 rings (SSSR count). The molecule has 0 saturated carbocycles. The van der Waals surface area contributed by atoms with Gasteiger partial charge < -0.3 is 30.5 Å². The minimum absolute atomic E-state index is 0.251. The lowest BCUT2D eigenvalue weighted by molar-refractivity contribution is -0.111. The molecule has 0 bridgehead atoms. The van der Waals surface area contributed by atoms with Crippen LogP contribution in [0.1, 0.15) is 28.5 Å². The van der Waals surface area contributed by atoms with Crippen molar-refractivity contribution in [2.75, 3.05) is 36.7 Å². The first-order valence-corrected chi connectivity index (χ1v) is 11.4. The quantitative estimate of drug-likeness (QED) is 0.244. The topological polar surface area (TPSA) is 138 Å². The molecule has 2 aromatic carbocycles. The largest absolute Gasteiger partial charge is 0.497 e. The number of anilines is 3. The summed E-state index contributed by atoms with van der Waals surface area (Å²) in [5, 5.41) is 25.1. The smallest absolute Gasteiger partial charge is 0.258 e. The van der Waals surface area contributed by atoms with E-state index in [1.54, 1.807) is 45.4 Å². The minimum atomic E-state index is -0.556. The zero-order valence-corrected chi connectivity index (χ0v) is 20.6. The van der Waals surface area contributed by atoms with Gasteiger partial charge in [-0.05, 0) is 61.7 Å². The minimum Gasteiger partial charge on any atom is -0.497 e. The zero-order valence-electron chi connectivity index (χ0n) is 20.6. The molecule has 1 aromatic heterocycles. The Morgan fingerprint density at radius 2 is 1.81 bits per heavy atom.